The molecule has 1 aromatic rings. The number of H-pyrrole nitrogens is 1. The Hall–Kier alpha value is -1.56. The Morgan fingerprint density at radius 2 is 2.29 bits per heavy atom. The van der Waals surface area contributed by atoms with Gasteiger partial charge in [-0.1, -0.05) is 6.92 Å². The number of rotatable bonds is 7. The van der Waals surface area contributed by atoms with Crippen LogP contribution in [0.1, 0.15) is 35.9 Å². The second-order valence-corrected chi connectivity index (χ2v) is 3.83. The molecule has 0 aliphatic rings. The molecule has 0 radical (unpaired) electrons. The molecule has 0 saturated carbocycles. The Morgan fingerprint density at radius 1 is 1.53 bits per heavy atom. The molecule has 0 bridgehead atoms. The molecule has 6 heteroatoms. The van der Waals surface area contributed by atoms with Crippen molar-refractivity contribution in [2.75, 3.05) is 25.5 Å². The molecule has 0 unspecified atom stereocenters. The molecule has 1 rings (SSSR count). The first-order valence-corrected chi connectivity index (χ1v) is 5.83. The van der Waals surface area contributed by atoms with Crippen LogP contribution >= 0.6 is 0 Å². The summed E-state index contributed by atoms with van der Waals surface area (Å²) in [5, 5.41) is 9.27. The fraction of sp³-hybridized carbons (Fsp3) is 0.636. The van der Waals surface area contributed by atoms with Crippen LogP contribution in [0.5, 0.6) is 0 Å². The summed E-state index contributed by atoms with van der Waals surface area (Å²) >= 11 is 0. The van der Waals surface area contributed by atoms with E-state index < -0.39 is 0 Å². The lowest BCUT2D eigenvalue weighted by Crippen LogP contribution is -2.26. The summed E-state index contributed by atoms with van der Waals surface area (Å²) in [5.74, 6) is -0.248. The average Bonchev–Trinajstić information content (AvgIpc) is 2.64. The molecule has 6 nitrogen and oxygen atoms in total. The fourth-order valence-electron chi connectivity index (χ4n) is 1.32. The van der Waals surface area contributed by atoms with E-state index in [4.69, 9.17) is 10.5 Å². The smallest absolute Gasteiger partial charge is 0.273 e. The van der Waals surface area contributed by atoms with E-state index >= 15 is 0 Å². The van der Waals surface area contributed by atoms with Gasteiger partial charge in [0.2, 0.25) is 0 Å². The van der Waals surface area contributed by atoms with Crippen molar-refractivity contribution in [3.05, 3.63) is 11.4 Å². The van der Waals surface area contributed by atoms with Crippen molar-refractivity contribution >= 4 is 11.6 Å². The lowest BCUT2D eigenvalue weighted by atomic mass is 10.3. The molecule has 1 aromatic heterocycles. The number of nitrogens with two attached hydrogens (primary N) is 1. The number of nitrogens with zero attached hydrogens (tertiary/aromatic N) is 1. The Balaban J connectivity index is 2.24. The zero-order valence-electron chi connectivity index (χ0n) is 10.4. The van der Waals surface area contributed by atoms with E-state index in [-0.39, 0.29) is 11.6 Å². The molecule has 17 heavy (non-hydrogen) atoms. The van der Waals surface area contributed by atoms with Gasteiger partial charge in [-0.3, -0.25) is 9.89 Å². The number of anilines is 1. The lowest BCUT2D eigenvalue weighted by molar-refractivity contribution is 0.0937. The van der Waals surface area contributed by atoms with E-state index in [1.807, 2.05) is 0 Å². The summed E-state index contributed by atoms with van der Waals surface area (Å²) < 4.78 is 5.30. The number of nitrogens with one attached hydrogen (secondary N) is 2. The maximum Gasteiger partial charge on any atom is 0.273 e. The minimum absolute atomic E-state index is 0.248. The molecule has 0 atom stereocenters. The van der Waals surface area contributed by atoms with Crippen LogP contribution in [0.2, 0.25) is 0 Å². The van der Waals surface area contributed by atoms with Crippen LogP contribution < -0.4 is 11.1 Å². The van der Waals surface area contributed by atoms with Gasteiger partial charge >= 0.3 is 0 Å². The van der Waals surface area contributed by atoms with Gasteiger partial charge < -0.3 is 15.8 Å². The standard InChI is InChI=1S/C11H20N4O2/c1-3-6-17-7-4-5-13-11(16)10-9(12)8(2)14-15-10/h3-7,12H2,1-2H3,(H,13,16)(H,14,15). The normalized spacial score (nSPS) is 10.5. The number of aromatic nitrogens is 2. The van der Waals surface area contributed by atoms with Crippen LogP contribution in [0, 0.1) is 6.92 Å². The maximum absolute atomic E-state index is 11.7. The number of carbonyl (C=O) groups is 1. The second kappa shape index (κ2) is 6.90. The van der Waals surface area contributed by atoms with Crippen molar-refractivity contribution in [1.29, 1.82) is 0 Å². The second-order valence-electron chi connectivity index (χ2n) is 3.83. The summed E-state index contributed by atoms with van der Waals surface area (Å²) in [4.78, 5) is 11.7. The summed E-state index contributed by atoms with van der Waals surface area (Å²) in [5.41, 5.74) is 7.07. The van der Waals surface area contributed by atoms with E-state index in [2.05, 4.69) is 22.4 Å². The van der Waals surface area contributed by atoms with Crippen molar-refractivity contribution in [3.63, 3.8) is 0 Å². The summed E-state index contributed by atoms with van der Waals surface area (Å²) in [6, 6.07) is 0. The van der Waals surface area contributed by atoms with E-state index in [1.165, 1.54) is 0 Å². The summed E-state index contributed by atoms with van der Waals surface area (Å²) in [6.45, 7) is 5.82. The molecular weight excluding hydrogens is 220 g/mol. The Morgan fingerprint density at radius 3 is 2.88 bits per heavy atom. The first kappa shape index (κ1) is 13.5. The third-order valence-electron chi connectivity index (χ3n) is 2.31. The third-order valence-corrected chi connectivity index (χ3v) is 2.31. The molecule has 0 aromatic carbocycles. The van der Waals surface area contributed by atoms with Gasteiger partial charge in [-0.05, 0) is 19.8 Å². The number of carbonyl (C=O) groups excluding carboxylic acids is 1. The van der Waals surface area contributed by atoms with Crippen molar-refractivity contribution in [3.8, 4) is 0 Å². The van der Waals surface area contributed by atoms with Gasteiger partial charge in [-0.25, -0.2) is 0 Å². The molecule has 0 saturated heterocycles. The predicted octanol–water partition coefficient (Wildman–Crippen LogP) is 0.847. The number of ether oxygens (including phenoxy) is 1. The molecule has 1 heterocycles. The molecule has 4 N–H and O–H groups in total. The molecule has 0 aliphatic carbocycles. The number of amides is 1. The van der Waals surface area contributed by atoms with Crippen LogP contribution in [0.15, 0.2) is 0 Å². The van der Waals surface area contributed by atoms with E-state index in [0.29, 0.717) is 24.5 Å². The number of hydrogen-bond acceptors (Lipinski definition) is 4. The monoisotopic (exact) mass is 240 g/mol. The Kier molecular flexibility index (Phi) is 5.48. The van der Waals surface area contributed by atoms with Crippen LogP contribution in [-0.2, 0) is 4.74 Å². The first-order valence-electron chi connectivity index (χ1n) is 5.83. The molecule has 0 spiro atoms. The fourth-order valence-corrected chi connectivity index (χ4v) is 1.32. The maximum atomic E-state index is 11.7. The molecule has 0 aliphatic heterocycles. The highest BCUT2D eigenvalue weighted by Gasteiger charge is 2.14. The quantitative estimate of drug-likeness (QED) is 0.616. The van der Waals surface area contributed by atoms with Crippen molar-refractivity contribution < 1.29 is 9.53 Å². The van der Waals surface area contributed by atoms with Gasteiger partial charge in [0.15, 0.2) is 5.69 Å². The van der Waals surface area contributed by atoms with Crippen LogP contribution in [-0.4, -0.2) is 35.9 Å². The summed E-state index contributed by atoms with van der Waals surface area (Å²) in [6.07, 6.45) is 1.80. The van der Waals surface area contributed by atoms with Crippen LogP contribution in [0.3, 0.4) is 0 Å². The topological polar surface area (TPSA) is 93.0 Å². The number of aromatic amines is 1. The highest BCUT2D eigenvalue weighted by molar-refractivity contribution is 5.97. The van der Waals surface area contributed by atoms with Gasteiger partial charge in [0.05, 0.1) is 11.4 Å². The Bertz CT molecular complexity index is 362. The first-order chi connectivity index (χ1) is 8.16. The molecule has 1 amide bonds. The van der Waals surface area contributed by atoms with Gasteiger partial charge in [0.25, 0.3) is 5.91 Å². The van der Waals surface area contributed by atoms with E-state index in [9.17, 15) is 4.79 Å². The summed E-state index contributed by atoms with van der Waals surface area (Å²) in [7, 11) is 0. The van der Waals surface area contributed by atoms with E-state index in [1.54, 1.807) is 6.92 Å². The van der Waals surface area contributed by atoms with E-state index in [0.717, 1.165) is 19.4 Å². The van der Waals surface area contributed by atoms with Gasteiger partial charge in [-0.15, -0.1) is 0 Å². The average molecular weight is 240 g/mol. The SMILES string of the molecule is CCCOCCCNC(=O)c1n[nH]c(C)c1N. The van der Waals surface area contributed by atoms with Crippen LogP contribution in [0.25, 0.3) is 0 Å². The minimum atomic E-state index is -0.248. The third kappa shape index (κ3) is 4.07. The zero-order valence-corrected chi connectivity index (χ0v) is 10.4. The molecule has 0 fully saturated rings. The largest absolute Gasteiger partial charge is 0.395 e. The predicted molar refractivity (Wildman–Crippen MR) is 65.8 cm³/mol. The highest BCUT2D eigenvalue weighted by Crippen LogP contribution is 2.11. The lowest BCUT2D eigenvalue weighted by Gasteiger charge is -2.04. The van der Waals surface area contributed by atoms with Crippen LogP contribution in [0.4, 0.5) is 5.69 Å². The number of aryl methyl sites for hydroxylation is 1. The number of nitrogen functional groups attached to an aromatic ring is 1. The van der Waals surface area contributed by atoms with Crippen molar-refractivity contribution in [2.45, 2.75) is 26.7 Å². The highest BCUT2D eigenvalue weighted by atomic mass is 16.5. The molecular formula is C11H20N4O2. The zero-order chi connectivity index (χ0) is 12.7. The molecule has 96 valence electrons. The van der Waals surface area contributed by atoms with Gasteiger partial charge in [0.1, 0.15) is 0 Å². The minimum Gasteiger partial charge on any atom is -0.395 e. The van der Waals surface area contributed by atoms with Gasteiger partial charge in [-0.2, -0.15) is 5.10 Å². The number of hydrogen-bond donors (Lipinski definition) is 3. The van der Waals surface area contributed by atoms with Crippen molar-refractivity contribution in [2.24, 2.45) is 0 Å². The van der Waals surface area contributed by atoms with Crippen molar-refractivity contribution in [1.82, 2.24) is 15.5 Å². The Labute approximate surface area is 101 Å². The van der Waals surface area contributed by atoms with Gasteiger partial charge in [0, 0.05) is 19.8 Å².